The standard InChI is InChI=1S/C24H21Cl2NO3/c25-20-8-7-19(21(26)14-20)10-11-27(24(28)13-17-4-2-1-3-5-17)15-18-6-9-22-23(12-18)30-16-29-22/h1-9,12,14H,10-11,13,15-16H2. The molecule has 4 rings (SSSR count). The van der Waals surface area contributed by atoms with Crippen LogP contribution in [-0.4, -0.2) is 24.1 Å². The monoisotopic (exact) mass is 441 g/mol. The molecule has 0 aliphatic carbocycles. The Kier molecular flexibility index (Phi) is 6.46. The highest BCUT2D eigenvalue weighted by Crippen LogP contribution is 2.33. The van der Waals surface area contributed by atoms with Gasteiger partial charge in [-0.25, -0.2) is 0 Å². The predicted molar refractivity (Wildman–Crippen MR) is 118 cm³/mol. The molecule has 0 atom stereocenters. The molecule has 1 aliphatic heterocycles. The van der Waals surface area contributed by atoms with Crippen molar-refractivity contribution in [2.75, 3.05) is 13.3 Å². The second-order valence-electron chi connectivity index (χ2n) is 7.15. The van der Waals surface area contributed by atoms with Crippen molar-refractivity contribution in [1.82, 2.24) is 4.90 Å². The molecule has 0 aromatic heterocycles. The lowest BCUT2D eigenvalue weighted by Crippen LogP contribution is -2.33. The maximum atomic E-state index is 13.1. The average molecular weight is 442 g/mol. The van der Waals surface area contributed by atoms with Gasteiger partial charge in [-0.1, -0.05) is 65.7 Å². The maximum Gasteiger partial charge on any atom is 0.231 e. The summed E-state index contributed by atoms with van der Waals surface area (Å²) < 4.78 is 10.9. The van der Waals surface area contributed by atoms with Gasteiger partial charge in [0, 0.05) is 23.1 Å². The first kappa shape index (κ1) is 20.6. The van der Waals surface area contributed by atoms with Crippen LogP contribution in [0.5, 0.6) is 11.5 Å². The van der Waals surface area contributed by atoms with Crippen molar-refractivity contribution in [3.8, 4) is 11.5 Å². The SMILES string of the molecule is O=C(Cc1ccccc1)N(CCc1ccc(Cl)cc1Cl)Cc1ccc2c(c1)OCO2. The molecule has 1 aliphatic rings. The van der Waals surface area contributed by atoms with Crippen LogP contribution in [0.2, 0.25) is 10.0 Å². The van der Waals surface area contributed by atoms with E-state index < -0.39 is 0 Å². The third kappa shape index (κ3) is 5.07. The number of carbonyl (C=O) groups is 1. The lowest BCUT2D eigenvalue weighted by molar-refractivity contribution is -0.131. The number of amides is 1. The summed E-state index contributed by atoms with van der Waals surface area (Å²) >= 11 is 12.3. The van der Waals surface area contributed by atoms with Crippen LogP contribution in [-0.2, 0) is 24.2 Å². The molecule has 0 saturated carbocycles. The molecule has 0 radical (unpaired) electrons. The normalized spacial score (nSPS) is 12.1. The van der Waals surface area contributed by atoms with E-state index in [1.807, 2.05) is 65.6 Å². The predicted octanol–water partition coefficient (Wildman–Crippen LogP) is 5.54. The van der Waals surface area contributed by atoms with Crippen LogP contribution < -0.4 is 9.47 Å². The Bertz CT molecular complexity index is 1040. The van der Waals surface area contributed by atoms with Crippen LogP contribution in [0.4, 0.5) is 0 Å². The van der Waals surface area contributed by atoms with E-state index in [0.29, 0.717) is 41.7 Å². The maximum absolute atomic E-state index is 13.1. The van der Waals surface area contributed by atoms with Gasteiger partial charge < -0.3 is 14.4 Å². The lowest BCUT2D eigenvalue weighted by atomic mass is 10.1. The number of hydrogen-bond acceptors (Lipinski definition) is 3. The zero-order valence-electron chi connectivity index (χ0n) is 16.3. The summed E-state index contributed by atoms with van der Waals surface area (Å²) in [5, 5.41) is 1.21. The Labute approximate surface area is 185 Å². The fourth-order valence-electron chi connectivity index (χ4n) is 3.41. The number of halogens is 2. The number of fused-ring (bicyclic) bond motifs is 1. The third-order valence-corrected chi connectivity index (χ3v) is 5.61. The van der Waals surface area contributed by atoms with Crippen molar-refractivity contribution < 1.29 is 14.3 Å². The van der Waals surface area contributed by atoms with Gasteiger partial charge in [0.1, 0.15) is 0 Å². The molecule has 3 aromatic carbocycles. The van der Waals surface area contributed by atoms with Crippen molar-refractivity contribution in [1.29, 1.82) is 0 Å². The second-order valence-corrected chi connectivity index (χ2v) is 7.99. The number of ether oxygens (including phenoxy) is 2. The molecule has 6 heteroatoms. The summed E-state index contributed by atoms with van der Waals surface area (Å²) in [7, 11) is 0. The number of nitrogens with zero attached hydrogens (tertiary/aromatic N) is 1. The summed E-state index contributed by atoms with van der Waals surface area (Å²) in [5.41, 5.74) is 2.94. The van der Waals surface area contributed by atoms with Gasteiger partial charge in [-0.2, -0.15) is 0 Å². The molecule has 0 saturated heterocycles. The Balaban J connectivity index is 1.51. The van der Waals surface area contributed by atoms with Gasteiger partial charge in [-0.15, -0.1) is 0 Å². The first-order valence-electron chi connectivity index (χ1n) is 9.72. The van der Waals surface area contributed by atoms with E-state index in [9.17, 15) is 4.79 Å². The highest BCUT2D eigenvalue weighted by atomic mass is 35.5. The average Bonchev–Trinajstić information content (AvgIpc) is 3.20. The van der Waals surface area contributed by atoms with Gasteiger partial charge in [0.2, 0.25) is 12.7 Å². The summed E-state index contributed by atoms with van der Waals surface area (Å²) in [4.78, 5) is 15.0. The van der Waals surface area contributed by atoms with Crippen LogP contribution in [0.15, 0.2) is 66.7 Å². The number of carbonyl (C=O) groups excluding carboxylic acids is 1. The zero-order chi connectivity index (χ0) is 20.9. The molecular weight excluding hydrogens is 421 g/mol. The lowest BCUT2D eigenvalue weighted by Gasteiger charge is -2.23. The molecule has 3 aromatic rings. The van der Waals surface area contributed by atoms with Crippen molar-refractivity contribution in [2.24, 2.45) is 0 Å². The number of hydrogen-bond donors (Lipinski definition) is 0. The molecule has 0 fully saturated rings. The van der Waals surface area contributed by atoms with E-state index in [1.165, 1.54) is 0 Å². The quantitative estimate of drug-likeness (QED) is 0.483. The van der Waals surface area contributed by atoms with Crippen LogP contribution in [0.25, 0.3) is 0 Å². The minimum Gasteiger partial charge on any atom is -0.454 e. The topological polar surface area (TPSA) is 38.8 Å². The van der Waals surface area contributed by atoms with Gasteiger partial charge >= 0.3 is 0 Å². The summed E-state index contributed by atoms with van der Waals surface area (Å²) in [5.74, 6) is 1.50. The largest absolute Gasteiger partial charge is 0.454 e. The zero-order valence-corrected chi connectivity index (χ0v) is 17.8. The minimum atomic E-state index is 0.0592. The van der Waals surface area contributed by atoms with Crippen molar-refractivity contribution in [3.63, 3.8) is 0 Å². The van der Waals surface area contributed by atoms with Crippen molar-refractivity contribution in [2.45, 2.75) is 19.4 Å². The van der Waals surface area contributed by atoms with Crippen LogP contribution in [0.1, 0.15) is 16.7 Å². The van der Waals surface area contributed by atoms with Gasteiger partial charge in [0.15, 0.2) is 11.5 Å². The van der Waals surface area contributed by atoms with Crippen LogP contribution >= 0.6 is 23.2 Å². The summed E-state index contributed by atoms with van der Waals surface area (Å²) in [6, 6.07) is 21.0. The first-order valence-corrected chi connectivity index (χ1v) is 10.5. The smallest absolute Gasteiger partial charge is 0.231 e. The molecule has 1 heterocycles. The molecule has 30 heavy (non-hydrogen) atoms. The molecule has 4 nitrogen and oxygen atoms in total. The van der Waals surface area contributed by atoms with E-state index in [4.69, 9.17) is 32.7 Å². The fraction of sp³-hybridized carbons (Fsp3) is 0.208. The molecule has 154 valence electrons. The summed E-state index contributed by atoms with van der Waals surface area (Å²) in [6.45, 7) is 1.25. The van der Waals surface area contributed by atoms with Gasteiger partial charge in [-0.3, -0.25) is 4.79 Å². The first-order chi connectivity index (χ1) is 14.6. The molecule has 0 N–H and O–H groups in total. The fourth-order valence-corrected chi connectivity index (χ4v) is 3.92. The van der Waals surface area contributed by atoms with Gasteiger partial charge in [0.25, 0.3) is 0 Å². The Morgan fingerprint density at radius 1 is 0.900 bits per heavy atom. The van der Waals surface area contributed by atoms with Crippen LogP contribution in [0.3, 0.4) is 0 Å². The molecule has 0 bridgehead atoms. The molecule has 0 unspecified atom stereocenters. The van der Waals surface area contributed by atoms with E-state index >= 15 is 0 Å². The van der Waals surface area contributed by atoms with E-state index in [1.54, 1.807) is 6.07 Å². The van der Waals surface area contributed by atoms with Gasteiger partial charge in [0.05, 0.1) is 6.42 Å². The highest BCUT2D eigenvalue weighted by molar-refractivity contribution is 6.35. The number of rotatable bonds is 7. The third-order valence-electron chi connectivity index (χ3n) is 5.03. The Hall–Kier alpha value is -2.69. The Morgan fingerprint density at radius 2 is 1.70 bits per heavy atom. The second kappa shape index (κ2) is 9.41. The van der Waals surface area contributed by atoms with E-state index in [2.05, 4.69) is 0 Å². The molecule has 0 spiro atoms. The highest BCUT2D eigenvalue weighted by Gasteiger charge is 2.18. The molecule has 1 amide bonds. The van der Waals surface area contributed by atoms with Crippen molar-refractivity contribution in [3.05, 3.63) is 93.5 Å². The van der Waals surface area contributed by atoms with Crippen LogP contribution in [0, 0.1) is 0 Å². The van der Waals surface area contributed by atoms with Gasteiger partial charge in [-0.05, 0) is 47.4 Å². The Morgan fingerprint density at radius 3 is 2.50 bits per heavy atom. The minimum absolute atomic E-state index is 0.0592. The number of benzene rings is 3. The van der Waals surface area contributed by atoms with Crippen molar-refractivity contribution >= 4 is 29.1 Å². The molecular formula is C24H21Cl2NO3. The van der Waals surface area contributed by atoms with E-state index in [-0.39, 0.29) is 12.7 Å². The summed E-state index contributed by atoms with van der Waals surface area (Å²) in [6.07, 6.45) is 0.987. The van der Waals surface area contributed by atoms with E-state index in [0.717, 1.165) is 22.4 Å².